The van der Waals surface area contributed by atoms with Crippen LogP contribution in [0.15, 0.2) is 6.20 Å². The van der Waals surface area contributed by atoms with Crippen LogP contribution >= 0.6 is 0 Å². The quantitative estimate of drug-likeness (QED) is 0.857. The Bertz CT molecular complexity index is 476. The second-order valence-corrected chi connectivity index (χ2v) is 6.04. The van der Waals surface area contributed by atoms with Crippen molar-refractivity contribution in [1.29, 1.82) is 0 Å². The van der Waals surface area contributed by atoms with Crippen LogP contribution in [0.3, 0.4) is 0 Å². The van der Waals surface area contributed by atoms with E-state index in [1.807, 2.05) is 20.0 Å². The first-order valence-corrected chi connectivity index (χ1v) is 6.10. The van der Waals surface area contributed by atoms with Crippen molar-refractivity contribution < 1.29 is 9.90 Å². The molecule has 1 aromatic heterocycles. The maximum Gasteiger partial charge on any atom is 0.316 e. The van der Waals surface area contributed by atoms with Crippen LogP contribution in [0.2, 0.25) is 0 Å². The van der Waals surface area contributed by atoms with E-state index >= 15 is 0 Å². The number of rotatable bonds is 4. The van der Waals surface area contributed by atoms with E-state index in [0.29, 0.717) is 12.1 Å². The maximum absolute atomic E-state index is 11.5. The van der Waals surface area contributed by atoms with Gasteiger partial charge in [0.25, 0.3) is 0 Å². The number of hydrogen-bond acceptors (Lipinski definition) is 3. The average molecular weight is 235 g/mol. The molecule has 2 aliphatic carbocycles. The highest BCUT2D eigenvalue weighted by molar-refractivity contribution is 5.86. The standard InChI is InChI=1S/C12H17N3O2/c1-11(2)7-12(11,10(16)17)9-6-15(14-13-9)5-8-3-4-8/h6,8H,3-5,7H2,1-2H3,(H,16,17). The normalized spacial score (nSPS) is 30.2. The summed E-state index contributed by atoms with van der Waals surface area (Å²) in [5.41, 5.74) is -0.399. The number of aromatic nitrogens is 3. The van der Waals surface area contributed by atoms with E-state index < -0.39 is 11.4 Å². The zero-order chi connectivity index (χ0) is 12.3. The van der Waals surface area contributed by atoms with Gasteiger partial charge in [-0.25, -0.2) is 0 Å². The van der Waals surface area contributed by atoms with E-state index in [-0.39, 0.29) is 5.41 Å². The van der Waals surface area contributed by atoms with Crippen molar-refractivity contribution >= 4 is 5.97 Å². The Morgan fingerprint density at radius 3 is 2.71 bits per heavy atom. The molecule has 2 saturated carbocycles. The van der Waals surface area contributed by atoms with E-state index in [4.69, 9.17) is 0 Å². The highest BCUT2D eigenvalue weighted by atomic mass is 16.4. The summed E-state index contributed by atoms with van der Waals surface area (Å²) in [7, 11) is 0. The van der Waals surface area contributed by atoms with Crippen LogP contribution in [0.5, 0.6) is 0 Å². The predicted octanol–water partition coefficient (Wildman–Crippen LogP) is 1.44. The largest absolute Gasteiger partial charge is 0.481 e. The Morgan fingerprint density at radius 2 is 2.24 bits per heavy atom. The lowest BCUT2D eigenvalue weighted by Crippen LogP contribution is -2.26. The van der Waals surface area contributed by atoms with Crippen molar-refractivity contribution in [2.75, 3.05) is 0 Å². The van der Waals surface area contributed by atoms with Crippen molar-refractivity contribution in [3.05, 3.63) is 11.9 Å². The zero-order valence-electron chi connectivity index (χ0n) is 10.2. The molecule has 2 aliphatic rings. The van der Waals surface area contributed by atoms with Crippen molar-refractivity contribution in [2.24, 2.45) is 11.3 Å². The molecule has 0 amide bonds. The van der Waals surface area contributed by atoms with Gasteiger partial charge in [-0.3, -0.25) is 9.48 Å². The number of carboxylic acids is 1. The SMILES string of the molecule is CC1(C)CC1(C(=O)O)c1cn(CC2CC2)nn1. The Kier molecular flexibility index (Phi) is 1.95. The fraction of sp³-hybridized carbons (Fsp3) is 0.750. The smallest absolute Gasteiger partial charge is 0.316 e. The van der Waals surface area contributed by atoms with Crippen molar-refractivity contribution in [2.45, 2.75) is 45.1 Å². The lowest BCUT2D eigenvalue weighted by Gasteiger charge is -2.11. The number of nitrogens with zero attached hydrogens (tertiary/aromatic N) is 3. The van der Waals surface area contributed by atoms with Crippen LogP contribution < -0.4 is 0 Å². The maximum atomic E-state index is 11.5. The first-order valence-electron chi connectivity index (χ1n) is 6.10. The predicted molar refractivity (Wildman–Crippen MR) is 60.5 cm³/mol. The summed E-state index contributed by atoms with van der Waals surface area (Å²) in [5, 5.41) is 17.6. The first kappa shape index (κ1) is 10.7. The Morgan fingerprint density at radius 1 is 1.59 bits per heavy atom. The topological polar surface area (TPSA) is 68.0 Å². The molecule has 0 saturated heterocycles. The molecule has 0 bridgehead atoms. The lowest BCUT2D eigenvalue weighted by molar-refractivity contribution is -0.141. The third-order valence-corrected chi connectivity index (χ3v) is 4.22. The highest BCUT2D eigenvalue weighted by Crippen LogP contribution is 2.63. The van der Waals surface area contributed by atoms with Crippen LogP contribution in [-0.4, -0.2) is 26.1 Å². The van der Waals surface area contributed by atoms with Gasteiger partial charge >= 0.3 is 5.97 Å². The van der Waals surface area contributed by atoms with Crippen molar-refractivity contribution in [3.63, 3.8) is 0 Å². The highest BCUT2D eigenvalue weighted by Gasteiger charge is 2.69. The van der Waals surface area contributed by atoms with E-state index in [9.17, 15) is 9.90 Å². The summed E-state index contributed by atoms with van der Waals surface area (Å²) >= 11 is 0. The first-order chi connectivity index (χ1) is 7.96. The summed E-state index contributed by atoms with van der Waals surface area (Å²) in [6, 6.07) is 0. The van der Waals surface area contributed by atoms with Gasteiger partial charge in [0.1, 0.15) is 11.1 Å². The monoisotopic (exact) mass is 235 g/mol. The summed E-state index contributed by atoms with van der Waals surface area (Å²) < 4.78 is 1.80. The third kappa shape index (κ3) is 1.48. The molecule has 1 unspecified atom stereocenters. The summed E-state index contributed by atoms with van der Waals surface area (Å²) in [5.74, 6) is -0.0569. The van der Waals surface area contributed by atoms with Gasteiger partial charge in [-0.15, -0.1) is 5.10 Å². The van der Waals surface area contributed by atoms with Gasteiger partial charge in [-0.2, -0.15) is 0 Å². The lowest BCUT2D eigenvalue weighted by atomic mass is 9.93. The molecule has 5 heteroatoms. The number of carbonyl (C=O) groups is 1. The summed E-state index contributed by atoms with van der Waals surface area (Å²) in [4.78, 5) is 11.5. The molecule has 0 radical (unpaired) electrons. The van der Waals surface area contributed by atoms with Gasteiger partial charge < -0.3 is 5.11 Å². The van der Waals surface area contributed by atoms with Crippen LogP contribution in [-0.2, 0) is 16.8 Å². The minimum Gasteiger partial charge on any atom is -0.481 e. The van der Waals surface area contributed by atoms with E-state index in [0.717, 1.165) is 12.5 Å². The van der Waals surface area contributed by atoms with E-state index in [1.165, 1.54) is 12.8 Å². The van der Waals surface area contributed by atoms with Crippen LogP contribution in [0.4, 0.5) is 0 Å². The van der Waals surface area contributed by atoms with Gasteiger partial charge in [0.15, 0.2) is 0 Å². The minimum absolute atomic E-state index is 0.209. The van der Waals surface area contributed by atoms with Gasteiger partial charge in [0, 0.05) is 12.7 Å². The van der Waals surface area contributed by atoms with Crippen LogP contribution in [0.25, 0.3) is 0 Å². The average Bonchev–Trinajstić information content (AvgIpc) is 3.06. The third-order valence-electron chi connectivity index (χ3n) is 4.22. The van der Waals surface area contributed by atoms with E-state index in [1.54, 1.807) is 4.68 Å². The molecule has 0 spiro atoms. The second-order valence-electron chi connectivity index (χ2n) is 6.04. The molecular formula is C12H17N3O2. The molecule has 5 nitrogen and oxygen atoms in total. The minimum atomic E-state index is -0.811. The molecule has 1 aromatic rings. The number of hydrogen-bond donors (Lipinski definition) is 1. The van der Waals surface area contributed by atoms with E-state index in [2.05, 4.69) is 10.3 Å². The molecule has 3 rings (SSSR count). The summed E-state index contributed by atoms with van der Waals surface area (Å²) in [6.07, 6.45) is 4.98. The number of aliphatic carboxylic acids is 1. The molecule has 2 fully saturated rings. The second kappa shape index (κ2) is 3.09. The van der Waals surface area contributed by atoms with Gasteiger partial charge in [-0.05, 0) is 30.6 Å². The number of carboxylic acid groups (broad SMARTS) is 1. The molecule has 0 aliphatic heterocycles. The Labute approximate surface area is 99.8 Å². The van der Waals surface area contributed by atoms with Gasteiger partial charge in [-0.1, -0.05) is 19.1 Å². The fourth-order valence-corrected chi connectivity index (χ4v) is 2.68. The van der Waals surface area contributed by atoms with Crippen LogP contribution in [0.1, 0.15) is 38.8 Å². The van der Waals surface area contributed by atoms with Crippen molar-refractivity contribution in [3.8, 4) is 0 Å². The molecule has 1 N–H and O–H groups in total. The Hall–Kier alpha value is -1.39. The Balaban J connectivity index is 1.87. The van der Waals surface area contributed by atoms with Crippen LogP contribution in [0, 0.1) is 11.3 Å². The molecule has 0 aromatic carbocycles. The molecule has 1 heterocycles. The fourth-order valence-electron chi connectivity index (χ4n) is 2.68. The van der Waals surface area contributed by atoms with Crippen molar-refractivity contribution in [1.82, 2.24) is 15.0 Å². The molecular weight excluding hydrogens is 218 g/mol. The van der Waals surface area contributed by atoms with Gasteiger partial charge in [0.2, 0.25) is 0 Å². The molecule has 17 heavy (non-hydrogen) atoms. The zero-order valence-corrected chi connectivity index (χ0v) is 10.2. The molecule has 92 valence electrons. The summed E-state index contributed by atoms with van der Waals surface area (Å²) in [6.45, 7) is 4.82. The van der Waals surface area contributed by atoms with Gasteiger partial charge in [0.05, 0.1) is 0 Å². The molecule has 1 atom stereocenters.